The van der Waals surface area contributed by atoms with Crippen LogP contribution in [0.5, 0.6) is 0 Å². The topological polar surface area (TPSA) is 94.3 Å². The molecule has 146 valence electrons. The van der Waals surface area contributed by atoms with Gasteiger partial charge in [-0.2, -0.15) is 0 Å². The fourth-order valence-electron chi connectivity index (χ4n) is 2.81. The molecule has 0 saturated carbocycles. The van der Waals surface area contributed by atoms with Gasteiger partial charge in [0.15, 0.2) is 6.10 Å². The highest BCUT2D eigenvalue weighted by atomic mass is 16.5. The lowest BCUT2D eigenvalue weighted by atomic mass is 10.0. The van der Waals surface area contributed by atoms with E-state index in [2.05, 4.69) is 15.5 Å². The molecular formula is C21H23N3O4. The van der Waals surface area contributed by atoms with Crippen molar-refractivity contribution < 1.29 is 18.8 Å². The number of hydrogen-bond donors (Lipinski definition) is 1. The summed E-state index contributed by atoms with van der Waals surface area (Å²) in [6.07, 6.45) is -0.930. The summed E-state index contributed by atoms with van der Waals surface area (Å²) in [5.74, 6) is -0.979. The van der Waals surface area contributed by atoms with Gasteiger partial charge in [-0.15, -0.1) is 0 Å². The molecule has 7 nitrogen and oxygen atoms in total. The number of pyridine rings is 1. The van der Waals surface area contributed by atoms with Crippen molar-refractivity contribution in [2.45, 2.75) is 46.8 Å². The first-order chi connectivity index (χ1) is 13.3. The van der Waals surface area contributed by atoms with Gasteiger partial charge in [0.1, 0.15) is 0 Å². The van der Waals surface area contributed by atoms with Gasteiger partial charge in [0.2, 0.25) is 0 Å². The number of aryl methyl sites for hydroxylation is 2. The van der Waals surface area contributed by atoms with E-state index in [1.807, 2.05) is 45.0 Å². The Labute approximate surface area is 163 Å². The lowest BCUT2D eigenvalue weighted by Gasteiger charge is -2.16. The molecule has 1 N–H and O–H groups in total. The molecule has 1 aromatic carbocycles. The number of fused-ring (bicyclic) bond motifs is 1. The van der Waals surface area contributed by atoms with Crippen LogP contribution in [0.25, 0.3) is 22.4 Å². The number of esters is 1. The summed E-state index contributed by atoms with van der Waals surface area (Å²) in [7, 11) is 0. The maximum absolute atomic E-state index is 12.8. The average molecular weight is 381 g/mol. The van der Waals surface area contributed by atoms with Crippen LogP contribution >= 0.6 is 0 Å². The molecule has 2 heterocycles. The third-order valence-corrected chi connectivity index (χ3v) is 4.27. The Kier molecular flexibility index (Phi) is 5.44. The maximum Gasteiger partial charge on any atom is 0.339 e. The molecule has 0 radical (unpaired) electrons. The van der Waals surface area contributed by atoms with Crippen LogP contribution in [-0.4, -0.2) is 34.2 Å². The van der Waals surface area contributed by atoms with Gasteiger partial charge < -0.3 is 14.6 Å². The summed E-state index contributed by atoms with van der Waals surface area (Å²) in [6, 6.07) is 9.36. The van der Waals surface area contributed by atoms with E-state index in [1.165, 1.54) is 6.92 Å². The van der Waals surface area contributed by atoms with Crippen molar-refractivity contribution in [1.29, 1.82) is 0 Å². The largest absolute Gasteiger partial charge is 0.449 e. The van der Waals surface area contributed by atoms with Gasteiger partial charge in [-0.3, -0.25) is 4.79 Å². The molecule has 0 aliphatic carbocycles. The Morgan fingerprint density at radius 3 is 2.43 bits per heavy atom. The highest BCUT2D eigenvalue weighted by Gasteiger charge is 2.24. The molecule has 0 saturated heterocycles. The second-order valence-electron chi connectivity index (χ2n) is 7.08. The lowest BCUT2D eigenvalue weighted by molar-refractivity contribution is -0.129. The van der Waals surface area contributed by atoms with Crippen LogP contribution < -0.4 is 5.32 Å². The monoisotopic (exact) mass is 381 g/mol. The number of carbonyl (C=O) groups excluding carboxylic acids is 2. The van der Waals surface area contributed by atoms with Crippen LogP contribution in [0.2, 0.25) is 0 Å². The summed E-state index contributed by atoms with van der Waals surface area (Å²) in [4.78, 5) is 29.4. The minimum absolute atomic E-state index is 0.0465. The van der Waals surface area contributed by atoms with Crippen LogP contribution in [0.4, 0.5) is 0 Å². The molecule has 3 aromatic rings. The van der Waals surface area contributed by atoms with Crippen molar-refractivity contribution in [3.63, 3.8) is 0 Å². The number of amides is 1. The van der Waals surface area contributed by atoms with Gasteiger partial charge in [-0.1, -0.05) is 35.0 Å². The van der Waals surface area contributed by atoms with E-state index in [-0.39, 0.29) is 23.2 Å². The Hall–Kier alpha value is -3.22. The van der Waals surface area contributed by atoms with Gasteiger partial charge in [0.25, 0.3) is 11.6 Å². The molecule has 28 heavy (non-hydrogen) atoms. The number of carbonyl (C=O) groups is 2. The minimum Gasteiger partial charge on any atom is -0.449 e. The summed E-state index contributed by atoms with van der Waals surface area (Å²) >= 11 is 0. The lowest BCUT2D eigenvalue weighted by Crippen LogP contribution is -2.39. The van der Waals surface area contributed by atoms with E-state index in [4.69, 9.17) is 9.26 Å². The maximum atomic E-state index is 12.8. The van der Waals surface area contributed by atoms with Crippen LogP contribution in [0.15, 0.2) is 34.9 Å². The smallest absolute Gasteiger partial charge is 0.339 e. The van der Waals surface area contributed by atoms with E-state index in [1.54, 1.807) is 13.0 Å². The molecule has 1 atom stereocenters. The van der Waals surface area contributed by atoms with Gasteiger partial charge in [-0.25, -0.2) is 9.78 Å². The summed E-state index contributed by atoms with van der Waals surface area (Å²) in [5.41, 5.74) is 3.57. The fraction of sp³-hybridized carbons (Fsp3) is 0.333. The normalized spacial score (nSPS) is 12.2. The second-order valence-corrected chi connectivity index (χ2v) is 7.08. The van der Waals surface area contributed by atoms with E-state index in [0.717, 1.165) is 11.1 Å². The number of aromatic nitrogens is 2. The molecule has 0 bridgehead atoms. The zero-order valence-corrected chi connectivity index (χ0v) is 16.6. The van der Waals surface area contributed by atoms with Crippen molar-refractivity contribution in [3.05, 3.63) is 47.2 Å². The number of hydrogen-bond acceptors (Lipinski definition) is 6. The molecule has 0 aliphatic heterocycles. The second kappa shape index (κ2) is 7.80. The molecule has 3 rings (SSSR count). The zero-order valence-electron chi connectivity index (χ0n) is 16.6. The summed E-state index contributed by atoms with van der Waals surface area (Å²) in [5, 5.41) is 7.13. The van der Waals surface area contributed by atoms with Crippen LogP contribution in [-0.2, 0) is 9.53 Å². The highest BCUT2D eigenvalue weighted by Crippen LogP contribution is 2.28. The van der Waals surface area contributed by atoms with Gasteiger partial charge in [-0.05, 0) is 40.7 Å². The Balaban J connectivity index is 1.99. The standard InChI is InChI=1S/C21H23N3O4/c1-11(2)22-19(25)14(5)27-21(26)16-10-17(15-8-6-12(3)7-9-15)23-20-18(16)13(4)24-28-20/h6-11,14H,1-5H3,(H,22,25). The van der Waals surface area contributed by atoms with Crippen molar-refractivity contribution in [1.82, 2.24) is 15.5 Å². The highest BCUT2D eigenvalue weighted by molar-refractivity contribution is 6.05. The van der Waals surface area contributed by atoms with Crippen LogP contribution in [0.1, 0.15) is 42.4 Å². The number of nitrogens with one attached hydrogen (secondary N) is 1. The van der Waals surface area contributed by atoms with Crippen molar-refractivity contribution in [3.8, 4) is 11.3 Å². The Morgan fingerprint density at radius 2 is 1.79 bits per heavy atom. The van der Waals surface area contributed by atoms with Gasteiger partial charge in [0, 0.05) is 11.6 Å². The third-order valence-electron chi connectivity index (χ3n) is 4.27. The van der Waals surface area contributed by atoms with E-state index in [9.17, 15) is 9.59 Å². The van der Waals surface area contributed by atoms with E-state index >= 15 is 0 Å². The number of nitrogens with zero attached hydrogens (tertiary/aromatic N) is 2. The first-order valence-corrected chi connectivity index (χ1v) is 9.11. The molecule has 2 aromatic heterocycles. The molecular weight excluding hydrogens is 358 g/mol. The predicted molar refractivity (Wildman–Crippen MR) is 105 cm³/mol. The van der Waals surface area contributed by atoms with Crippen molar-refractivity contribution >= 4 is 23.0 Å². The zero-order chi connectivity index (χ0) is 20.4. The first-order valence-electron chi connectivity index (χ1n) is 9.11. The van der Waals surface area contributed by atoms with Crippen LogP contribution in [0.3, 0.4) is 0 Å². The van der Waals surface area contributed by atoms with Crippen molar-refractivity contribution in [2.75, 3.05) is 0 Å². The van der Waals surface area contributed by atoms with Gasteiger partial charge in [0.05, 0.1) is 22.3 Å². The fourth-order valence-corrected chi connectivity index (χ4v) is 2.81. The number of benzene rings is 1. The number of rotatable bonds is 5. The van der Waals surface area contributed by atoms with Crippen molar-refractivity contribution in [2.24, 2.45) is 0 Å². The summed E-state index contributed by atoms with van der Waals surface area (Å²) < 4.78 is 10.7. The number of ether oxygens (including phenoxy) is 1. The van der Waals surface area contributed by atoms with E-state index in [0.29, 0.717) is 16.8 Å². The van der Waals surface area contributed by atoms with Crippen LogP contribution in [0, 0.1) is 13.8 Å². The molecule has 0 spiro atoms. The van der Waals surface area contributed by atoms with E-state index < -0.39 is 12.1 Å². The summed E-state index contributed by atoms with van der Waals surface area (Å²) in [6.45, 7) is 8.94. The average Bonchev–Trinajstić information content (AvgIpc) is 3.02. The Bertz CT molecular complexity index is 1020. The predicted octanol–water partition coefficient (Wildman–Crippen LogP) is 3.58. The Morgan fingerprint density at radius 1 is 1.11 bits per heavy atom. The third kappa shape index (κ3) is 4.03. The molecule has 1 amide bonds. The minimum atomic E-state index is -0.930. The first kappa shape index (κ1) is 19.5. The molecule has 0 fully saturated rings. The molecule has 7 heteroatoms. The van der Waals surface area contributed by atoms with Gasteiger partial charge >= 0.3 is 5.97 Å². The SMILES string of the molecule is Cc1ccc(-c2cc(C(=O)OC(C)C(=O)NC(C)C)c3c(C)noc3n2)cc1. The molecule has 0 aliphatic rings. The molecule has 1 unspecified atom stereocenters. The quantitative estimate of drug-likeness (QED) is 0.679.